The molecular weight excluding hydrogens is 464 g/mol. The predicted octanol–water partition coefficient (Wildman–Crippen LogP) is 3.22. The van der Waals surface area contributed by atoms with Crippen LogP contribution in [0.4, 0.5) is 17.1 Å². The number of nitrogens with one attached hydrogen (secondary N) is 3. The van der Waals surface area contributed by atoms with Crippen molar-refractivity contribution in [2.24, 2.45) is 5.10 Å². The lowest BCUT2D eigenvalue weighted by atomic mass is 9.93. The number of furan rings is 2. The molecule has 0 atom stereocenters. The van der Waals surface area contributed by atoms with E-state index >= 15 is 0 Å². The van der Waals surface area contributed by atoms with Crippen molar-refractivity contribution in [1.82, 2.24) is 10.9 Å². The van der Waals surface area contributed by atoms with E-state index in [4.69, 9.17) is 8.83 Å². The minimum atomic E-state index is -0.746. The molecule has 35 heavy (non-hydrogen) atoms. The number of carbonyl (C=O) groups is 2. The molecule has 2 heterocycles. The summed E-state index contributed by atoms with van der Waals surface area (Å²) in [6, 6.07) is 6.14. The van der Waals surface area contributed by atoms with Gasteiger partial charge in [0.05, 0.1) is 27.9 Å². The largest absolute Gasteiger partial charge is 0.459 e. The first-order valence-electron chi connectivity index (χ1n) is 10.3. The summed E-state index contributed by atoms with van der Waals surface area (Å²) < 4.78 is 10.7. The Hall–Kier alpha value is -5.01. The van der Waals surface area contributed by atoms with E-state index in [2.05, 4.69) is 21.4 Å². The third-order valence-corrected chi connectivity index (χ3v) is 5.27. The number of hydrogen-bond acceptors (Lipinski definition) is 10. The maximum atomic E-state index is 12.6. The second-order valence-electron chi connectivity index (χ2n) is 7.48. The molecule has 0 spiro atoms. The summed E-state index contributed by atoms with van der Waals surface area (Å²) in [6.07, 6.45) is 3.01. The monoisotopic (exact) mass is 482 g/mol. The molecule has 0 fully saturated rings. The molecule has 14 heteroatoms. The van der Waals surface area contributed by atoms with Gasteiger partial charge in [-0.15, -0.1) is 0 Å². The Morgan fingerprint density at radius 2 is 1.83 bits per heavy atom. The van der Waals surface area contributed by atoms with Crippen LogP contribution in [0.2, 0.25) is 0 Å². The van der Waals surface area contributed by atoms with Crippen LogP contribution in [0.1, 0.15) is 50.8 Å². The normalized spacial score (nSPS) is 13.7. The number of amides is 2. The molecule has 3 aromatic rings. The fourth-order valence-electron chi connectivity index (χ4n) is 3.64. The highest BCUT2D eigenvalue weighted by atomic mass is 16.6. The first-order valence-corrected chi connectivity index (χ1v) is 10.3. The van der Waals surface area contributed by atoms with Crippen molar-refractivity contribution in [1.29, 1.82) is 0 Å². The van der Waals surface area contributed by atoms with Crippen LogP contribution in [0.15, 0.2) is 50.5 Å². The highest BCUT2D eigenvalue weighted by Gasteiger charge is 2.28. The molecule has 1 aliphatic carbocycles. The maximum absolute atomic E-state index is 12.6. The average Bonchev–Trinajstić information content (AvgIpc) is 3.49. The zero-order chi connectivity index (χ0) is 25.1. The van der Waals surface area contributed by atoms with Gasteiger partial charge in [-0.2, -0.15) is 5.10 Å². The number of aryl methyl sites for hydroxylation is 1. The van der Waals surface area contributed by atoms with Crippen molar-refractivity contribution in [3.05, 3.63) is 85.2 Å². The highest BCUT2D eigenvalue weighted by molar-refractivity contribution is 6.07. The lowest BCUT2D eigenvalue weighted by Crippen LogP contribution is -2.41. The summed E-state index contributed by atoms with van der Waals surface area (Å²) >= 11 is 0. The lowest BCUT2D eigenvalue weighted by molar-refractivity contribution is -0.393. The number of nitro benzene ring substituents is 2. The summed E-state index contributed by atoms with van der Waals surface area (Å²) in [6.45, 7) is 1.65. The number of carbonyl (C=O) groups excluding carboxylic acids is 2. The zero-order valence-electron chi connectivity index (χ0n) is 18.2. The number of hydrogen-bond donors (Lipinski definition) is 3. The fourth-order valence-corrected chi connectivity index (χ4v) is 3.64. The van der Waals surface area contributed by atoms with Gasteiger partial charge < -0.3 is 8.83 Å². The molecule has 0 saturated carbocycles. The first kappa shape index (κ1) is 23.2. The van der Waals surface area contributed by atoms with E-state index in [9.17, 15) is 29.8 Å². The van der Waals surface area contributed by atoms with Gasteiger partial charge in [-0.25, -0.2) is 0 Å². The topological polar surface area (TPSA) is 195 Å². The Bertz CT molecular complexity index is 1360. The fraction of sp³-hybridized carbons (Fsp3) is 0.190. The van der Waals surface area contributed by atoms with E-state index in [1.54, 1.807) is 6.92 Å². The molecule has 1 aliphatic rings. The van der Waals surface area contributed by atoms with E-state index in [0.717, 1.165) is 12.1 Å². The number of non-ortho nitro benzene ring substituents is 1. The zero-order valence-corrected chi connectivity index (χ0v) is 18.2. The number of hydrazone groups is 1. The molecule has 0 saturated heterocycles. The summed E-state index contributed by atoms with van der Waals surface area (Å²) in [4.78, 5) is 45.4. The highest BCUT2D eigenvalue weighted by Crippen LogP contribution is 2.32. The predicted molar refractivity (Wildman–Crippen MR) is 120 cm³/mol. The number of anilines is 1. The van der Waals surface area contributed by atoms with E-state index in [0.29, 0.717) is 41.9 Å². The van der Waals surface area contributed by atoms with Gasteiger partial charge in [0.25, 0.3) is 5.69 Å². The standard InChI is InChI=1S/C21H18N6O8/c1-11-18-14(23-22-13-8-7-12(26(30)31)10-15(13)27(32)33)4-2-5-16(18)35-19(11)21(29)25-24-20(28)17-6-3-9-34-17/h3,6-10,22H,2,4-5H2,1H3,(H,24,28)(H,25,29). The van der Waals surface area contributed by atoms with Gasteiger partial charge in [0.2, 0.25) is 0 Å². The van der Waals surface area contributed by atoms with E-state index < -0.39 is 33.0 Å². The Morgan fingerprint density at radius 3 is 2.51 bits per heavy atom. The van der Waals surface area contributed by atoms with Crippen LogP contribution in [0.25, 0.3) is 0 Å². The molecular formula is C21H18N6O8. The smallest absolute Gasteiger partial charge is 0.305 e. The molecule has 0 radical (unpaired) electrons. The van der Waals surface area contributed by atoms with Crippen molar-refractivity contribution >= 4 is 34.6 Å². The molecule has 1 aromatic carbocycles. The van der Waals surface area contributed by atoms with E-state index in [1.165, 1.54) is 24.5 Å². The van der Waals surface area contributed by atoms with Crippen LogP contribution in [0.5, 0.6) is 0 Å². The van der Waals surface area contributed by atoms with Crippen LogP contribution in [0.3, 0.4) is 0 Å². The molecule has 0 bridgehead atoms. The third-order valence-electron chi connectivity index (χ3n) is 5.27. The summed E-state index contributed by atoms with van der Waals surface area (Å²) in [7, 11) is 0. The molecule has 180 valence electrons. The van der Waals surface area contributed by atoms with Crippen LogP contribution < -0.4 is 16.3 Å². The van der Waals surface area contributed by atoms with Crippen molar-refractivity contribution in [3.63, 3.8) is 0 Å². The number of nitrogens with zero attached hydrogens (tertiary/aromatic N) is 3. The van der Waals surface area contributed by atoms with Crippen LogP contribution >= 0.6 is 0 Å². The number of hydrazine groups is 1. The Kier molecular flexibility index (Phi) is 6.26. The van der Waals surface area contributed by atoms with Gasteiger partial charge in [-0.1, -0.05) is 0 Å². The summed E-state index contributed by atoms with van der Waals surface area (Å²) in [5.41, 5.74) is 7.71. The first-order chi connectivity index (χ1) is 16.8. The molecule has 3 N–H and O–H groups in total. The van der Waals surface area contributed by atoms with Gasteiger partial charge in [0, 0.05) is 23.6 Å². The van der Waals surface area contributed by atoms with Crippen LogP contribution in [-0.4, -0.2) is 27.4 Å². The molecule has 14 nitrogen and oxygen atoms in total. The second kappa shape index (κ2) is 9.46. The van der Waals surface area contributed by atoms with E-state index in [1.807, 2.05) is 0 Å². The van der Waals surface area contributed by atoms with Crippen molar-refractivity contribution in [2.45, 2.75) is 26.2 Å². The molecule has 0 aliphatic heterocycles. The van der Waals surface area contributed by atoms with Crippen LogP contribution in [-0.2, 0) is 6.42 Å². The Morgan fingerprint density at radius 1 is 1.06 bits per heavy atom. The van der Waals surface area contributed by atoms with Gasteiger partial charge in [-0.3, -0.25) is 46.1 Å². The summed E-state index contributed by atoms with van der Waals surface area (Å²) in [5, 5.41) is 26.6. The van der Waals surface area contributed by atoms with Gasteiger partial charge in [0.1, 0.15) is 11.4 Å². The number of nitro groups is 2. The lowest BCUT2D eigenvalue weighted by Gasteiger charge is -2.13. The van der Waals surface area contributed by atoms with Gasteiger partial charge in [0.15, 0.2) is 11.5 Å². The number of fused-ring (bicyclic) bond motifs is 1. The SMILES string of the molecule is Cc1c(C(=O)NNC(=O)c2ccco2)oc2c1C(=NNc1ccc([N+](=O)[O-])cc1[N+](=O)[O-])CCC2. The van der Waals surface area contributed by atoms with Crippen molar-refractivity contribution in [3.8, 4) is 0 Å². The Labute approximate surface area is 196 Å². The molecule has 0 unspecified atom stereocenters. The molecule has 2 aromatic heterocycles. The van der Waals surface area contributed by atoms with E-state index in [-0.39, 0.29) is 17.2 Å². The van der Waals surface area contributed by atoms with Gasteiger partial charge in [-0.05, 0) is 38.0 Å². The number of rotatable bonds is 6. The van der Waals surface area contributed by atoms with Gasteiger partial charge >= 0.3 is 17.5 Å². The Balaban J connectivity index is 1.55. The molecule has 4 rings (SSSR count). The van der Waals surface area contributed by atoms with Crippen LogP contribution in [0, 0.1) is 27.2 Å². The number of benzene rings is 1. The maximum Gasteiger partial charge on any atom is 0.305 e. The van der Waals surface area contributed by atoms with Crippen molar-refractivity contribution < 1.29 is 28.3 Å². The quantitative estimate of drug-likeness (QED) is 0.349. The molecule has 2 amide bonds. The third kappa shape index (κ3) is 4.71. The minimum Gasteiger partial charge on any atom is -0.459 e. The average molecular weight is 482 g/mol. The van der Waals surface area contributed by atoms with Crippen molar-refractivity contribution in [2.75, 3.05) is 5.43 Å². The second-order valence-corrected chi connectivity index (χ2v) is 7.48. The minimum absolute atomic E-state index is 0.0154. The summed E-state index contributed by atoms with van der Waals surface area (Å²) in [5.74, 6) is -0.828.